The van der Waals surface area contributed by atoms with Gasteiger partial charge in [-0.3, -0.25) is 4.98 Å². The third kappa shape index (κ3) is 3.09. The van der Waals surface area contributed by atoms with Gasteiger partial charge in [0.25, 0.3) is 0 Å². The molecule has 0 unspecified atom stereocenters. The Labute approximate surface area is 143 Å². The Morgan fingerprint density at radius 3 is 2.52 bits per heavy atom. The molecule has 0 aliphatic carbocycles. The monoisotopic (exact) mass is 391 g/mol. The van der Waals surface area contributed by atoms with Crippen LogP contribution in [0, 0.1) is 13.8 Å². The van der Waals surface area contributed by atoms with E-state index in [9.17, 15) is 8.42 Å². The molecule has 0 bridgehead atoms. The molecule has 0 spiro atoms. The molecular weight excluding hydrogens is 378 g/mol. The fraction of sp³-hybridized carbons (Fsp3) is 0.118. The van der Waals surface area contributed by atoms with E-state index in [0.717, 1.165) is 16.5 Å². The average molecular weight is 392 g/mol. The smallest absolute Gasteiger partial charge is 0.340 e. The van der Waals surface area contributed by atoms with Gasteiger partial charge in [0.2, 0.25) is 0 Å². The largest absolute Gasteiger partial charge is 0.377 e. The van der Waals surface area contributed by atoms with Crippen LogP contribution in [0.3, 0.4) is 0 Å². The molecule has 0 saturated heterocycles. The molecule has 0 saturated carbocycles. The average Bonchev–Trinajstić information content (AvgIpc) is 2.51. The number of para-hydroxylation sites is 1. The molecule has 4 nitrogen and oxygen atoms in total. The zero-order valence-corrected chi connectivity index (χ0v) is 15.0. The lowest BCUT2D eigenvalue weighted by molar-refractivity contribution is 0.487. The van der Waals surface area contributed by atoms with Crippen molar-refractivity contribution in [2.75, 3.05) is 0 Å². The van der Waals surface area contributed by atoms with Crippen LogP contribution in [0.1, 0.15) is 11.1 Å². The van der Waals surface area contributed by atoms with E-state index in [1.54, 1.807) is 36.5 Å². The lowest BCUT2D eigenvalue weighted by Crippen LogP contribution is -2.11. The summed E-state index contributed by atoms with van der Waals surface area (Å²) in [7, 11) is -3.96. The van der Waals surface area contributed by atoms with Gasteiger partial charge in [0.05, 0.1) is 0 Å². The maximum atomic E-state index is 12.6. The summed E-state index contributed by atoms with van der Waals surface area (Å²) in [5.41, 5.74) is 2.40. The Kier molecular flexibility index (Phi) is 4.12. The molecule has 23 heavy (non-hydrogen) atoms. The van der Waals surface area contributed by atoms with E-state index >= 15 is 0 Å². The lowest BCUT2D eigenvalue weighted by atomic mass is 10.1. The van der Waals surface area contributed by atoms with Crippen molar-refractivity contribution >= 4 is 37.0 Å². The standard InChI is InChI=1S/C17H14BrNO3S/c1-11-9-14(18)16(10-12(11)2)23(20,21)22-15-7-3-5-13-6-4-8-19-17(13)15/h3-10H,1-2H3. The lowest BCUT2D eigenvalue weighted by Gasteiger charge is -2.12. The van der Waals surface area contributed by atoms with Crippen molar-refractivity contribution in [1.82, 2.24) is 4.98 Å². The molecule has 1 heterocycles. The van der Waals surface area contributed by atoms with Crippen LogP contribution in [0.5, 0.6) is 5.75 Å². The first-order valence-corrected chi connectivity index (χ1v) is 9.13. The van der Waals surface area contributed by atoms with Crippen molar-refractivity contribution in [1.29, 1.82) is 0 Å². The number of pyridine rings is 1. The van der Waals surface area contributed by atoms with Gasteiger partial charge in [0, 0.05) is 16.1 Å². The normalized spacial score (nSPS) is 11.6. The quantitative estimate of drug-likeness (QED) is 0.621. The van der Waals surface area contributed by atoms with Gasteiger partial charge in [-0.05, 0) is 65.2 Å². The number of halogens is 1. The van der Waals surface area contributed by atoms with E-state index in [-0.39, 0.29) is 10.6 Å². The highest BCUT2D eigenvalue weighted by molar-refractivity contribution is 9.10. The maximum Gasteiger partial charge on any atom is 0.340 e. The van der Waals surface area contributed by atoms with Crippen molar-refractivity contribution in [3.05, 3.63) is 64.3 Å². The first-order chi connectivity index (χ1) is 10.9. The predicted molar refractivity (Wildman–Crippen MR) is 93.2 cm³/mol. The molecule has 0 fully saturated rings. The number of aromatic nitrogens is 1. The van der Waals surface area contributed by atoms with E-state index in [4.69, 9.17) is 4.18 Å². The number of hydrogen-bond acceptors (Lipinski definition) is 4. The van der Waals surface area contributed by atoms with E-state index in [1.807, 2.05) is 26.0 Å². The highest BCUT2D eigenvalue weighted by Gasteiger charge is 2.22. The van der Waals surface area contributed by atoms with Crippen molar-refractivity contribution < 1.29 is 12.6 Å². The highest BCUT2D eigenvalue weighted by atomic mass is 79.9. The number of benzene rings is 2. The fourth-order valence-corrected chi connectivity index (χ4v) is 4.38. The van der Waals surface area contributed by atoms with Gasteiger partial charge in [0.1, 0.15) is 10.4 Å². The second-order valence-corrected chi connectivity index (χ2v) is 7.60. The minimum atomic E-state index is -3.96. The summed E-state index contributed by atoms with van der Waals surface area (Å²) in [5.74, 6) is 0.216. The number of hydrogen-bond donors (Lipinski definition) is 0. The van der Waals surface area contributed by atoms with Gasteiger partial charge in [-0.2, -0.15) is 8.42 Å². The summed E-state index contributed by atoms with van der Waals surface area (Å²) >= 11 is 3.31. The van der Waals surface area contributed by atoms with Gasteiger partial charge in [-0.1, -0.05) is 18.2 Å². The maximum absolute atomic E-state index is 12.6. The molecule has 0 N–H and O–H groups in total. The van der Waals surface area contributed by atoms with Crippen molar-refractivity contribution in [2.24, 2.45) is 0 Å². The summed E-state index contributed by atoms with van der Waals surface area (Å²) < 4.78 is 31.1. The summed E-state index contributed by atoms with van der Waals surface area (Å²) in [6.45, 7) is 3.78. The van der Waals surface area contributed by atoms with Crippen LogP contribution in [0.4, 0.5) is 0 Å². The topological polar surface area (TPSA) is 56.3 Å². The van der Waals surface area contributed by atoms with Crippen LogP contribution in [0.2, 0.25) is 0 Å². The van der Waals surface area contributed by atoms with Crippen LogP contribution < -0.4 is 4.18 Å². The van der Waals surface area contributed by atoms with E-state index in [1.165, 1.54) is 0 Å². The van der Waals surface area contributed by atoms with Crippen molar-refractivity contribution in [3.8, 4) is 5.75 Å². The molecule has 118 valence electrons. The zero-order valence-electron chi connectivity index (χ0n) is 12.6. The molecule has 0 atom stereocenters. The van der Waals surface area contributed by atoms with Crippen molar-refractivity contribution in [2.45, 2.75) is 18.7 Å². The second-order valence-electron chi connectivity index (χ2n) is 5.24. The SMILES string of the molecule is Cc1cc(Br)c(S(=O)(=O)Oc2cccc3cccnc23)cc1C. The van der Waals surface area contributed by atoms with E-state index in [2.05, 4.69) is 20.9 Å². The van der Waals surface area contributed by atoms with Gasteiger partial charge >= 0.3 is 10.1 Å². The highest BCUT2D eigenvalue weighted by Crippen LogP contribution is 2.30. The number of nitrogens with zero attached hydrogens (tertiary/aromatic N) is 1. The Balaban J connectivity index is 2.09. The Bertz CT molecular complexity index is 995. The van der Waals surface area contributed by atoms with Crippen LogP contribution in [0.25, 0.3) is 10.9 Å². The third-order valence-electron chi connectivity index (χ3n) is 3.61. The molecule has 2 aromatic carbocycles. The number of fused-ring (bicyclic) bond motifs is 1. The third-order valence-corrected chi connectivity index (χ3v) is 5.81. The predicted octanol–water partition coefficient (Wildman–Crippen LogP) is 4.38. The Morgan fingerprint density at radius 1 is 1.04 bits per heavy atom. The van der Waals surface area contributed by atoms with Gasteiger partial charge in [0.15, 0.2) is 5.75 Å². The van der Waals surface area contributed by atoms with Crippen LogP contribution in [-0.2, 0) is 10.1 Å². The molecule has 0 aliphatic heterocycles. The number of rotatable bonds is 3. The molecule has 0 amide bonds. The van der Waals surface area contributed by atoms with Gasteiger partial charge < -0.3 is 4.18 Å². The number of aryl methyl sites for hydroxylation is 2. The van der Waals surface area contributed by atoms with Crippen LogP contribution in [-0.4, -0.2) is 13.4 Å². The minimum Gasteiger partial charge on any atom is -0.377 e. The Hall–Kier alpha value is -1.92. The molecular formula is C17H14BrNO3S. The van der Waals surface area contributed by atoms with Crippen LogP contribution >= 0.6 is 15.9 Å². The van der Waals surface area contributed by atoms with Crippen molar-refractivity contribution in [3.63, 3.8) is 0 Å². The zero-order chi connectivity index (χ0) is 16.6. The molecule has 1 aromatic heterocycles. The minimum absolute atomic E-state index is 0.105. The first kappa shape index (κ1) is 16.0. The summed E-state index contributed by atoms with van der Waals surface area (Å²) in [6, 6.07) is 12.2. The second kappa shape index (κ2) is 5.94. The van der Waals surface area contributed by atoms with Gasteiger partial charge in [-0.25, -0.2) is 0 Å². The molecule has 3 rings (SSSR count). The molecule has 0 aliphatic rings. The first-order valence-electron chi connectivity index (χ1n) is 6.93. The molecule has 6 heteroatoms. The Morgan fingerprint density at radius 2 is 1.74 bits per heavy atom. The fourth-order valence-electron chi connectivity index (χ4n) is 2.25. The van der Waals surface area contributed by atoms with Crippen LogP contribution in [0.15, 0.2) is 58.0 Å². The van der Waals surface area contributed by atoms with E-state index < -0.39 is 10.1 Å². The van der Waals surface area contributed by atoms with Gasteiger partial charge in [-0.15, -0.1) is 0 Å². The summed E-state index contributed by atoms with van der Waals surface area (Å²) in [5, 5.41) is 0.819. The summed E-state index contributed by atoms with van der Waals surface area (Å²) in [6.07, 6.45) is 1.60. The molecule has 0 radical (unpaired) electrons. The molecule has 3 aromatic rings. The van der Waals surface area contributed by atoms with E-state index in [0.29, 0.717) is 9.99 Å². The summed E-state index contributed by atoms with van der Waals surface area (Å²) in [4.78, 5) is 4.32.